The summed E-state index contributed by atoms with van der Waals surface area (Å²) >= 11 is 0. The van der Waals surface area contributed by atoms with Crippen LogP contribution in [0.4, 0.5) is 10.2 Å². The molecule has 5 heteroatoms. The van der Waals surface area contributed by atoms with Crippen LogP contribution in [-0.2, 0) is 0 Å². The molecule has 4 rings (SSSR count). The van der Waals surface area contributed by atoms with E-state index in [-0.39, 0.29) is 5.82 Å². The molecule has 1 fully saturated rings. The summed E-state index contributed by atoms with van der Waals surface area (Å²) in [5.74, 6) is 0.682. The van der Waals surface area contributed by atoms with Crippen molar-refractivity contribution >= 4 is 5.82 Å². The van der Waals surface area contributed by atoms with Crippen molar-refractivity contribution in [3.8, 4) is 22.4 Å². The second kappa shape index (κ2) is 6.51. The molecule has 0 spiro atoms. The third-order valence-corrected chi connectivity index (χ3v) is 4.62. The van der Waals surface area contributed by atoms with Gasteiger partial charge in [-0.2, -0.15) is 5.10 Å². The van der Waals surface area contributed by atoms with Crippen LogP contribution < -0.4 is 4.90 Å². The molecule has 1 aromatic carbocycles. The number of nitrogens with zero attached hydrogens (tertiary/aromatic N) is 3. The van der Waals surface area contributed by atoms with Gasteiger partial charge < -0.3 is 4.90 Å². The van der Waals surface area contributed by atoms with Gasteiger partial charge in [0.1, 0.15) is 5.82 Å². The topological polar surface area (TPSA) is 44.8 Å². The van der Waals surface area contributed by atoms with Crippen LogP contribution in [0.3, 0.4) is 0 Å². The average molecular weight is 334 g/mol. The predicted octanol–water partition coefficient (Wildman–Crippen LogP) is 4.43. The number of piperidine rings is 1. The van der Waals surface area contributed by atoms with Crippen LogP contribution in [0.2, 0.25) is 0 Å². The third-order valence-electron chi connectivity index (χ3n) is 4.62. The molecule has 25 heavy (non-hydrogen) atoms. The zero-order valence-electron chi connectivity index (χ0n) is 13.9. The summed E-state index contributed by atoms with van der Waals surface area (Å²) < 4.78 is 13.3. The van der Waals surface area contributed by atoms with Crippen molar-refractivity contribution in [3.05, 3.63) is 66.8 Å². The summed E-state index contributed by atoms with van der Waals surface area (Å²) in [5, 5.41) is 7.76. The molecule has 4 nitrogen and oxygen atoms in total. The quantitative estimate of drug-likeness (QED) is 0.721. The molecule has 0 bridgehead atoms. The Balaban J connectivity index is 1.82. The fourth-order valence-corrected chi connectivity index (χ4v) is 3.21. The number of hydrogen-bond acceptors (Lipinski definition) is 3. The van der Waals surface area contributed by atoms with Gasteiger partial charge in [0.15, 0.2) is 5.82 Å². The molecule has 0 radical (unpaired) electrons. The largest absolute Gasteiger partial charge is 0.354 e. The van der Waals surface area contributed by atoms with E-state index in [1.807, 2.05) is 12.1 Å². The van der Waals surface area contributed by atoms with Crippen molar-refractivity contribution in [3.63, 3.8) is 0 Å². The highest BCUT2D eigenvalue weighted by Gasteiger charge is 2.23. The van der Waals surface area contributed by atoms with Crippen LogP contribution in [0, 0.1) is 5.82 Å². The van der Waals surface area contributed by atoms with E-state index in [4.69, 9.17) is 0 Å². The van der Waals surface area contributed by atoms with Gasteiger partial charge >= 0.3 is 0 Å². The summed E-state index contributed by atoms with van der Waals surface area (Å²) in [6, 6.07) is 10.4. The van der Waals surface area contributed by atoms with E-state index < -0.39 is 0 Å². The second-order valence-electron chi connectivity index (χ2n) is 6.28. The van der Waals surface area contributed by atoms with Gasteiger partial charge in [-0.1, -0.05) is 12.2 Å². The van der Waals surface area contributed by atoms with Gasteiger partial charge in [0.05, 0.1) is 11.3 Å². The second-order valence-corrected chi connectivity index (χ2v) is 6.28. The lowest BCUT2D eigenvalue weighted by Gasteiger charge is -2.29. The van der Waals surface area contributed by atoms with Crippen molar-refractivity contribution in [2.24, 2.45) is 0 Å². The number of benzene rings is 1. The fourth-order valence-electron chi connectivity index (χ4n) is 3.21. The lowest BCUT2D eigenvalue weighted by atomic mass is 10.00. The molecule has 2 aromatic heterocycles. The summed E-state index contributed by atoms with van der Waals surface area (Å²) in [6.45, 7) is 5.90. The molecular weight excluding hydrogens is 315 g/mol. The Morgan fingerprint density at radius 3 is 2.32 bits per heavy atom. The molecular formula is C20H19FN4. The Labute approximate surface area is 146 Å². The van der Waals surface area contributed by atoms with Crippen molar-refractivity contribution in [1.82, 2.24) is 15.2 Å². The first-order valence-electron chi connectivity index (χ1n) is 8.38. The Kier molecular flexibility index (Phi) is 4.06. The smallest absolute Gasteiger partial charge is 0.158 e. The van der Waals surface area contributed by atoms with E-state index in [2.05, 4.69) is 26.7 Å². The SMILES string of the molecule is C=C1CCN(c2n[nH]c(-c3ccc(F)cc3)c2-c2ccncc2)CC1. The van der Waals surface area contributed by atoms with E-state index in [0.717, 1.165) is 54.1 Å². The van der Waals surface area contributed by atoms with Crippen molar-refractivity contribution in [2.45, 2.75) is 12.8 Å². The van der Waals surface area contributed by atoms with Crippen LogP contribution in [0.1, 0.15) is 12.8 Å². The molecule has 3 heterocycles. The molecule has 1 saturated heterocycles. The zero-order chi connectivity index (χ0) is 17.2. The first kappa shape index (κ1) is 15.6. The summed E-state index contributed by atoms with van der Waals surface area (Å²) in [6.07, 6.45) is 5.51. The van der Waals surface area contributed by atoms with Gasteiger partial charge in [0.25, 0.3) is 0 Å². The molecule has 1 N–H and O–H groups in total. The maximum absolute atomic E-state index is 13.3. The van der Waals surface area contributed by atoms with E-state index in [0.29, 0.717) is 0 Å². The maximum atomic E-state index is 13.3. The minimum absolute atomic E-state index is 0.247. The first-order valence-corrected chi connectivity index (χ1v) is 8.38. The van der Waals surface area contributed by atoms with Gasteiger partial charge in [-0.15, -0.1) is 0 Å². The molecule has 1 aliphatic rings. The van der Waals surface area contributed by atoms with Crippen LogP contribution >= 0.6 is 0 Å². The Morgan fingerprint density at radius 1 is 0.960 bits per heavy atom. The van der Waals surface area contributed by atoms with Gasteiger partial charge in [-0.25, -0.2) is 4.39 Å². The lowest BCUT2D eigenvalue weighted by molar-refractivity contribution is 0.628. The molecule has 0 atom stereocenters. The number of halogens is 1. The van der Waals surface area contributed by atoms with E-state index in [1.54, 1.807) is 24.5 Å². The number of hydrogen-bond donors (Lipinski definition) is 1. The first-order chi connectivity index (χ1) is 12.2. The molecule has 0 unspecified atom stereocenters. The highest BCUT2D eigenvalue weighted by Crippen LogP contribution is 2.38. The predicted molar refractivity (Wildman–Crippen MR) is 97.8 cm³/mol. The van der Waals surface area contributed by atoms with Crippen molar-refractivity contribution in [1.29, 1.82) is 0 Å². The van der Waals surface area contributed by atoms with Gasteiger partial charge in [-0.3, -0.25) is 10.1 Å². The standard InChI is InChI=1S/C20H19FN4/c1-14-8-12-25(13-9-14)20-18(15-6-10-22-11-7-15)19(23-24-20)16-2-4-17(21)5-3-16/h2-7,10-11H,1,8-9,12-13H2,(H,23,24). The molecule has 3 aromatic rings. The maximum Gasteiger partial charge on any atom is 0.158 e. The average Bonchev–Trinajstić information content (AvgIpc) is 3.09. The van der Waals surface area contributed by atoms with Crippen molar-refractivity contribution in [2.75, 3.05) is 18.0 Å². The fraction of sp³-hybridized carbons (Fsp3) is 0.200. The minimum atomic E-state index is -0.247. The van der Waals surface area contributed by atoms with E-state index in [1.165, 1.54) is 17.7 Å². The summed E-state index contributed by atoms with van der Waals surface area (Å²) in [5.41, 5.74) is 5.17. The Bertz CT molecular complexity index is 874. The minimum Gasteiger partial charge on any atom is -0.354 e. The van der Waals surface area contributed by atoms with Crippen LogP contribution in [0.25, 0.3) is 22.4 Å². The molecule has 0 amide bonds. The van der Waals surface area contributed by atoms with Crippen LogP contribution in [0.15, 0.2) is 60.9 Å². The number of nitrogens with one attached hydrogen (secondary N) is 1. The third kappa shape index (κ3) is 3.05. The molecule has 126 valence electrons. The van der Waals surface area contributed by atoms with Gasteiger partial charge in [0.2, 0.25) is 0 Å². The number of H-pyrrole nitrogens is 1. The van der Waals surface area contributed by atoms with Crippen LogP contribution in [0.5, 0.6) is 0 Å². The lowest BCUT2D eigenvalue weighted by Crippen LogP contribution is -2.31. The highest BCUT2D eigenvalue weighted by molar-refractivity contribution is 5.89. The molecule has 0 saturated carbocycles. The van der Waals surface area contributed by atoms with E-state index in [9.17, 15) is 4.39 Å². The monoisotopic (exact) mass is 334 g/mol. The molecule has 1 aliphatic heterocycles. The number of aromatic amines is 1. The van der Waals surface area contributed by atoms with Crippen LogP contribution in [-0.4, -0.2) is 28.3 Å². The normalized spacial score (nSPS) is 14.8. The number of pyridine rings is 1. The van der Waals surface area contributed by atoms with E-state index >= 15 is 0 Å². The molecule has 0 aliphatic carbocycles. The number of rotatable bonds is 3. The van der Waals surface area contributed by atoms with Crippen molar-refractivity contribution < 1.29 is 4.39 Å². The van der Waals surface area contributed by atoms with Gasteiger partial charge in [-0.05, 0) is 54.8 Å². The highest BCUT2D eigenvalue weighted by atomic mass is 19.1. The Hall–Kier alpha value is -2.95. The number of aromatic nitrogens is 3. The Morgan fingerprint density at radius 2 is 1.64 bits per heavy atom. The summed E-state index contributed by atoms with van der Waals surface area (Å²) in [7, 11) is 0. The van der Waals surface area contributed by atoms with Gasteiger partial charge in [0, 0.05) is 31.0 Å². The number of anilines is 1. The zero-order valence-corrected chi connectivity index (χ0v) is 13.9. The summed E-state index contributed by atoms with van der Waals surface area (Å²) in [4.78, 5) is 6.40.